The Kier molecular flexibility index (Phi) is 5.19. The number of rotatable bonds is 5. The molecule has 0 amide bonds. The van der Waals surface area contributed by atoms with Gasteiger partial charge in [-0.1, -0.05) is 67.4 Å². The minimum Gasteiger partial charge on any atom is -0.327 e. The molecular formula is C20H27N. The predicted molar refractivity (Wildman–Crippen MR) is 91.8 cm³/mol. The number of aryl methyl sites for hydroxylation is 2. The summed E-state index contributed by atoms with van der Waals surface area (Å²) in [7, 11) is 0. The SMILES string of the molecule is Cc1cc(C)cc(CC(N)Cc2ccc(C(C)C)cc2)c1. The van der Waals surface area contributed by atoms with Crippen molar-refractivity contribution >= 4 is 0 Å². The van der Waals surface area contributed by atoms with Gasteiger partial charge in [0.2, 0.25) is 0 Å². The third kappa shape index (κ3) is 4.71. The number of benzene rings is 2. The quantitative estimate of drug-likeness (QED) is 0.855. The first-order valence-electron chi connectivity index (χ1n) is 7.85. The highest BCUT2D eigenvalue weighted by Crippen LogP contribution is 2.16. The summed E-state index contributed by atoms with van der Waals surface area (Å²) in [5.74, 6) is 0.586. The van der Waals surface area contributed by atoms with E-state index in [-0.39, 0.29) is 6.04 Å². The van der Waals surface area contributed by atoms with Gasteiger partial charge in [0.05, 0.1) is 0 Å². The molecule has 0 fully saturated rings. The number of hydrogen-bond donors (Lipinski definition) is 1. The monoisotopic (exact) mass is 281 g/mol. The summed E-state index contributed by atoms with van der Waals surface area (Å²) in [6, 6.07) is 15.8. The molecule has 1 atom stereocenters. The van der Waals surface area contributed by atoms with Crippen LogP contribution in [0.1, 0.15) is 47.6 Å². The largest absolute Gasteiger partial charge is 0.327 e. The molecule has 1 nitrogen and oxygen atoms in total. The molecule has 2 N–H and O–H groups in total. The zero-order valence-electron chi connectivity index (χ0n) is 13.7. The summed E-state index contributed by atoms with van der Waals surface area (Å²) in [6.07, 6.45) is 1.87. The van der Waals surface area contributed by atoms with E-state index in [9.17, 15) is 0 Å². The minimum absolute atomic E-state index is 0.177. The highest BCUT2D eigenvalue weighted by molar-refractivity contribution is 5.30. The fraction of sp³-hybridized carbons (Fsp3) is 0.400. The first-order chi connectivity index (χ1) is 9.94. The highest BCUT2D eigenvalue weighted by atomic mass is 14.6. The fourth-order valence-corrected chi connectivity index (χ4v) is 2.90. The standard InChI is InChI=1S/C20H27N/c1-14(2)19-7-5-17(6-8-19)12-20(21)13-18-10-15(3)9-16(4)11-18/h5-11,14,20H,12-13,21H2,1-4H3. The van der Waals surface area contributed by atoms with Crippen molar-refractivity contribution in [3.8, 4) is 0 Å². The van der Waals surface area contributed by atoms with Gasteiger partial charge in [-0.25, -0.2) is 0 Å². The van der Waals surface area contributed by atoms with Crippen molar-refractivity contribution in [1.29, 1.82) is 0 Å². The molecule has 21 heavy (non-hydrogen) atoms. The molecule has 0 aromatic heterocycles. The molecule has 2 aromatic rings. The van der Waals surface area contributed by atoms with E-state index in [1.807, 2.05) is 0 Å². The summed E-state index contributed by atoms with van der Waals surface area (Å²) in [6.45, 7) is 8.74. The van der Waals surface area contributed by atoms with E-state index < -0.39 is 0 Å². The molecule has 2 rings (SSSR count). The van der Waals surface area contributed by atoms with E-state index >= 15 is 0 Å². The van der Waals surface area contributed by atoms with Gasteiger partial charge in [-0.05, 0) is 49.3 Å². The molecule has 0 bridgehead atoms. The maximum Gasteiger partial charge on any atom is 0.0120 e. The van der Waals surface area contributed by atoms with E-state index in [0.717, 1.165) is 12.8 Å². The van der Waals surface area contributed by atoms with E-state index in [0.29, 0.717) is 5.92 Å². The number of nitrogens with two attached hydrogens (primary N) is 1. The minimum atomic E-state index is 0.177. The first-order valence-corrected chi connectivity index (χ1v) is 7.85. The summed E-state index contributed by atoms with van der Waals surface area (Å²) >= 11 is 0. The molecule has 1 heteroatoms. The van der Waals surface area contributed by atoms with Crippen LogP contribution in [-0.4, -0.2) is 6.04 Å². The summed E-state index contributed by atoms with van der Waals surface area (Å²) in [5, 5.41) is 0. The van der Waals surface area contributed by atoms with Gasteiger partial charge in [0.1, 0.15) is 0 Å². The maximum atomic E-state index is 6.34. The van der Waals surface area contributed by atoms with Gasteiger partial charge in [0.25, 0.3) is 0 Å². The van der Waals surface area contributed by atoms with Crippen LogP contribution in [0.15, 0.2) is 42.5 Å². The smallest absolute Gasteiger partial charge is 0.0120 e. The van der Waals surface area contributed by atoms with Crippen LogP contribution in [0.5, 0.6) is 0 Å². The Morgan fingerprint density at radius 3 is 1.86 bits per heavy atom. The topological polar surface area (TPSA) is 26.0 Å². The van der Waals surface area contributed by atoms with Crippen molar-refractivity contribution in [2.45, 2.75) is 52.5 Å². The molecule has 2 aromatic carbocycles. The van der Waals surface area contributed by atoms with E-state index in [1.165, 1.54) is 27.8 Å². The van der Waals surface area contributed by atoms with Gasteiger partial charge < -0.3 is 5.73 Å². The van der Waals surface area contributed by atoms with E-state index in [2.05, 4.69) is 70.2 Å². The Labute approximate surface area is 129 Å². The van der Waals surface area contributed by atoms with Crippen molar-refractivity contribution < 1.29 is 0 Å². The lowest BCUT2D eigenvalue weighted by molar-refractivity contribution is 0.664. The molecule has 0 saturated carbocycles. The van der Waals surface area contributed by atoms with Gasteiger partial charge in [0, 0.05) is 6.04 Å². The average Bonchev–Trinajstić information content (AvgIpc) is 2.37. The molecule has 0 aliphatic carbocycles. The second-order valence-electron chi connectivity index (χ2n) is 6.56. The van der Waals surface area contributed by atoms with Crippen LogP contribution in [0.4, 0.5) is 0 Å². The third-order valence-electron chi connectivity index (χ3n) is 3.92. The van der Waals surface area contributed by atoms with Crippen molar-refractivity contribution in [2.24, 2.45) is 5.73 Å². The molecule has 1 unspecified atom stereocenters. The van der Waals surface area contributed by atoms with Crippen molar-refractivity contribution in [3.05, 3.63) is 70.3 Å². The van der Waals surface area contributed by atoms with Crippen LogP contribution in [-0.2, 0) is 12.8 Å². The zero-order valence-corrected chi connectivity index (χ0v) is 13.7. The molecule has 0 radical (unpaired) electrons. The van der Waals surface area contributed by atoms with E-state index in [4.69, 9.17) is 5.73 Å². The summed E-state index contributed by atoms with van der Waals surface area (Å²) in [4.78, 5) is 0. The van der Waals surface area contributed by atoms with Gasteiger partial charge in [-0.15, -0.1) is 0 Å². The second-order valence-corrected chi connectivity index (χ2v) is 6.56. The Morgan fingerprint density at radius 2 is 1.33 bits per heavy atom. The number of hydrogen-bond acceptors (Lipinski definition) is 1. The van der Waals surface area contributed by atoms with Crippen LogP contribution in [0, 0.1) is 13.8 Å². The molecule has 0 saturated heterocycles. The van der Waals surface area contributed by atoms with Gasteiger partial charge >= 0.3 is 0 Å². The average molecular weight is 281 g/mol. The molecular weight excluding hydrogens is 254 g/mol. The van der Waals surface area contributed by atoms with Gasteiger partial charge in [-0.3, -0.25) is 0 Å². The fourth-order valence-electron chi connectivity index (χ4n) is 2.90. The van der Waals surface area contributed by atoms with Crippen LogP contribution >= 0.6 is 0 Å². The predicted octanol–water partition coefficient (Wildman–Crippen LogP) is 4.54. The Morgan fingerprint density at radius 1 is 0.810 bits per heavy atom. The molecule has 0 spiro atoms. The van der Waals surface area contributed by atoms with Gasteiger partial charge in [-0.2, -0.15) is 0 Å². The lowest BCUT2D eigenvalue weighted by Gasteiger charge is -2.14. The van der Waals surface area contributed by atoms with Crippen LogP contribution in [0.2, 0.25) is 0 Å². The highest BCUT2D eigenvalue weighted by Gasteiger charge is 2.07. The van der Waals surface area contributed by atoms with Crippen molar-refractivity contribution in [1.82, 2.24) is 0 Å². The van der Waals surface area contributed by atoms with Crippen molar-refractivity contribution in [2.75, 3.05) is 0 Å². The zero-order chi connectivity index (χ0) is 15.4. The van der Waals surface area contributed by atoms with Crippen LogP contribution in [0.25, 0.3) is 0 Å². The summed E-state index contributed by atoms with van der Waals surface area (Å²) < 4.78 is 0. The van der Waals surface area contributed by atoms with Crippen molar-refractivity contribution in [3.63, 3.8) is 0 Å². The van der Waals surface area contributed by atoms with Gasteiger partial charge in [0.15, 0.2) is 0 Å². The first kappa shape index (κ1) is 15.8. The second kappa shape index (κ2) is 6.91. The van der Waals surface area contributed by atoms with Crippen LogP contribution < -0.4 is 5.73 Å². The molecule has 0 heterocycles. The lowest BCUT2D eigenvalue weighted by Crippen LogP contribution is -2.25. The molecule has 0 aliphatic heterocycles. The molecule has 0 aliphatic rings. The Bertz CT molecular complexity index is 561. The lowest BCUT2D eigenvalue weighted by atomic mass is 9.95. The Balaban J connectivity index is 1.99. The normalized spacial score (nSPS) is 12.7. The van der Waals surface area contributed by atoms with Crippen LogP contribution in [0.3, 0.4) is 0 Å². The Hall–Kier alpha value is -1.60. The molecule has 112 valence electrons. The third-order valence-corrected chi connectivity index (χ3v) is 3.92. The maximum absolute atomic E-state index is 6.34. The van der Waals surface area contributed by atoms with E-state index in [1.54, 1.807) is 0 Å². The summed E-state index contributed by atoms with van der Waals surface area (Å²) in [5.41, 5.74) is 13.0.